The number of benzene rings is 2. The van der Waals surface area contributed by atoms with Crippen molar-refractivity contribution < 1.29 is 45.7 Å². The molecule has 0 saturated carbocycles. The van der Waals surface area contributed by atoms with Crippen molar-refractivity contribution in [1.29, 1.82) is 0 Å². The molecule has 14 heteroatoms. The molecule has 0 radical (unpaired) electrons. The topological polar surface area (TPSA) is 153 Å². The standard InChI is InChI=1S/C16H10F2INO9S/c17-16(18,30(25,26)27)8-28-14(21)13-7-10(20(23)24)3-6-12(13)15(22)29-11-4-1-9(19)2-5-11/h1-7H,8H2,(H,25,26,27)/p-1. The van der Waals surface area contributed by atoms with E-state index in [0.717, 1.165) is 15.7 Å². The summed E-state index contributed by atoms with van der Waals surface area (Å²) in [5, 5.41) is 5.99. The molecule has 2 rings (SSSR count). The average molecular weight is 556 g/mol. The first-order chi connectivity index (χ1) is 13.8. The maximum atomic E-state index is 13.2. The normalized spacial score (nSPS) is 11.6. The quantitative estimate of drug-likeness (QED) is 0.125. The molecule has 0 bridgehead atoms. The van der Waals surface area contributed by atoms with Gasteiger partial charge in [-0.2, -0.15) is 8.78 Å². The average Bonchev–Trinajstić information content (AvgIpc) is 2.66. The van der Waals surface area contributed by atoms with E-state index in [1.807, 2.05) is 22.6 Å². The van der Waals surface area contributed by atoms with Gasteiger partial charge in [0.15, 0.2) is 16.7 Å². The first-order valence-corrected chi connectivity index (χ1v) is 10.1. The molecule has 0 heterocycles. The van der Waals surface area contributed by atoms with E-state index in [1.165, 1.54) is 12.1 Å². The number of nitrogens with zero attached hydrogens (tertiary/aromatic N) is 1. The Morgan fingerprint density at radius 1 is 1.07 bits per heavy atom. The second-order valence-electron chi connectivity index (χ2n) is 5.50. The number of ether oxygens (including phenoxy) is 2. The second kappa shape index (κ2) is 8.97. The second-order valence-corrected chi connectivity index (χ2v) is 8.25. The minimum Gasteiger partial charge on any atom is -0.743 e. The van der Waals surface area contributed by atoms with Crippen LogP contribution in [0.25, 0.3) is 0 Å². The number of esters is 2. The molecular formula is C16H9F2INO9S-. The Labute approximate surface area is 180 Å². The number of carbonyl (C=O) groups excluding carboxylic acids is 2. The van der Waals surface area contributed by atoms with Crippen LogP contribution < -0.4 is 4.74 Å². The van der Waals surface area contributed by atoms with Gasteiger partial charge in [0.05, 0.1) is 16.1 Å². The lowest BCUT2D eigenvalue weighted by molar-refractivity contribution is -0.384. The van der Waals surface area contributed by atoms with Crippen molar-refractivity contribution in [3.63, 3.8) is 0 Å². The summed E-state index contributed by atoms with van der Waals surface area (Å²) in [6.45, 7) is -2.15. The lowest BCUT2D eigenvalue weighted by atomic mass is 10.1. The monoisotopic (exact) mass is 556 g/mol. The minimum absolute atomic E-state index is 0.0575. The van der Waals surface area contributed by atoms with Crippen molar-refractivity contribution in [3.05, 3.63) is 67.3 Å². The molecule has 0 fully saturated rings. The summed E-state index contributed by atoms with van der Waals surface area (Å²) in [7, 11) is -6.13. The summed E-state index contributed by atoms with van der Waals surface area (Å²) in [5.74, 6) is -2.81. The Morgan fingerprint density at radius 2 is 1.67 bits per heavy atom. The molecule has 10 nitrogen and oxygen atoms in total. The fourth-order valence-corrected chi connectivity index (χ4v) is 2.52. The molecule has 30 heavy (non-hydrogen) atoms. The molecule has 2 aromatic rings. The highest BCUT2D eigenvalue weighted by atomic mass is 127. The first-order valence-electron chi connectivity index (χ1n) is 7.58. The number of hydrogen-bond donors (Lipinski definition) is 0. The van der Waals surface area contributed by atoms with Crippen LogP contribution in [0.2, 0.25) is 0 Å². The summed E-state index contributed by atoms with van der Waals surface area (Å²) in [6.07, 6.45) is 0. The van der Waals surface area contributed by atoms with Crippen LogP contribution in [-0.2, 0) is 14.9 Å². The van der Waals surface area contributed by atoms with E-state index in [-0.39, 0.29) is 5.75 Å². The van der Waals surface area contributed by atoms with Gasteiger partial charge in [-0.1, -0.05) is 0 Å². The lowest BCUT2D eigenvalue weighted by Gasteiger charge is -2.19. The van der Waals surface area contributed by atoms with Crippen molar-refractivity contribution in [1.82, 2.24) is 0 Å². The van der Waals surface area contributed by atoms with E-state index in [9.17, 15) is 41.5 Å². The van der Waals surface area contributed by atoms with Crippen molar-refractivity contribution in [2.75, 3.05) is 6.61 Å². The van der Waals surface area contributed by atoms with Gasteiger partial charge in [-0.3, -0.25) is 10.1 Å². The van der Waals surface area contributed by atoms with Crippen molar-refractivity contribution in [3.8, 4) is 5.75 Å². The van der Waals surface area contributed by atoms with Crippen LogP contribution in [0.5, 0.6) is 5.75 Å². The third-order valence-electron chi connectivity index (χ3n) is 3.42. The van der Waals surface area contributed by atoms with Crippen molar-refractivity contribution >= 4 is 50.3 Å². The molecule has 0 spiro atoms. The van der Waals surface area contributed by atoms with Crippen molar-refractivity contribution in [2.45, 2.75) is 5.25 Å². The minimum atomic E-state index is -6.13. The summed E-state index contributed by atoms with van der Waals surface area (Å²) >= 11 is 1.99. The van der Waals surface area contributed by atoms with Crippen LogP contribution in [0.3, 0.4) is 0 Å². The number of non-ortho nitro benzene ring substituents is 1. The number of nitro groups is 1. The van der Waals surface area contributed by atoms with Gasteiger partial charge >= 0.3 is 17.2 Å². The van der Waals surface area contributed by atoms with Gasteiger partial charge in [0.25, 0.3) is 5.69 Å². The molecule has 0 saturated heterocycles. The van der Waals surface area contributed by atoms with Crippen molar-refractivity contribution in [2.24, 2.45) is 0 Å². The lowest BCUT2D eigenvalue weighted by Crippen LogP contribution is -2.35. The smallest absolute Gasteiger partial charge is 0.367 e. The van der Waals surface area contributed by atoms with Crippen LogP contribution in [0.4, 0.5) is 14.5 Å². The Balaban J connectivity index is 2.35. The Bertz CT molecular complexity index is 1100. The van der Waals surface area contributed by atoms with Gasteiger partial charge in [0.1, 0.15) is 5.75 Å². The molecular weight excluding hydrogens is 547 g/mol. The number of carbonyl (C=O) groups is 2. The molecule has 0 aliphatic carbocycles. The van der Waals surface area contributed by atoms with Crippen LogP contribution in [0.1, 0.15) is 20.7 Å². The molecule has 0 N–H and O–H groups in total. The van der Waals surface area contributed by atoms with Crippen LogP contribution in [-0.4, -0.2) is 41.7 Å². The highest BCUT2D eigenvalue weighted by Gasteiger charge is 2.40. The number of halogens is 3. The zero-order valence-electron chi connectivity index (χ0n) is 14.4. The molecule has 160 valence electrons. The number of rotatable bonds is 7. The van der Waals surface area contributed by atoms with Crippen LogP contribution >= 0.6 is 22.6 Å². The summed E-state index contributed by atoms with van der Waals surface area (Å²) in [4.78, 5) is 34.5. The van der Waals surface area contributed by atoms with Crippen LogP contribution in [0, 0.1) is 13.7 Å². The molecule has 0 aliphatic rings. The Hall–Kier alpha value is -2.72. The molecule has 0 amide bonds. The third-order valence-corrected chi connectivity index (χ3v) is 4.98. The maximum absolute atomic E-state index is 13.2. The SMILES string of the molecule is O=C(OCC(F)(F)S(=O)(=O)[O-])c1cc([N+](=O)[O-])ccc1C(=O)Oc1ccc(I)cc1. The predicted molar refractivity (Wildman–Crippen MR) is 102 cm³/mol. The largest absolute Gasteiger partial charge is 0.743 e. The van der Waals surface area contributed by atoms with Gasteiger partial charge in [0.2, 0.25) is 0 Å². The zero-order valence-corrected chi connectivity index (χ0v) is 17.4. The molecule has 0 aliphatic heterocycles. The number of nitro benzene ring substituents is 1. The maximum Gasteiger partial charge on any atom is 0.367 e. The number of alkyl halides is 2. The van der Waals surface area contributed by atoms with Gasteiger partial charge in [0, 0.05) is 15.7 Å². The Kier molecular flexibility index (Phi) is 7.04. The molecule has 0 aromatic heterocycles. The van der Waals surface area contributed by atoms with Gasteiger partial charge in [-0.15, -0.1) is 0 Å². The molecule has 0 atom stereocenters. The summed E-state index contributed by atoms with van der Waals surface area (Å²) < 4.78 is 67.9. The zero-order chi connectivity index (χ0) is 22.7. The van der Waals surface area contributed by atoms with Gasteiger partial charge in [-0.25, -0.2) is 18.0 Å². The predicted octanol–water partition coefficient (Wildman–Crippen LogP) is 2.71. The van der Waals surface area contributed by atoms with E-state index >= 15 is 0 Å². The fourth-order valence-electron chi connectivity index (χ4n) is 1.96. The highest BCUT2D eigenvalue weighted by molar-refractivity contribution is 14.1. The third kappa shape index (κ3) is 5.67. The van der Waals surface area contributed by atoms with E-state index in [2.05, 4.69) is 4.74 Å². The van der Waals surface area contributed by atoms with E-state index in [0.29, 0.717) is 6.07 Å². The number of hydrogen-bond acceptors (Lipinski definition) is 9. The van der Waals surface area contributed by atoms with E-state index in [1.54, 1.807) is 12.1 Å². The van der Waals surface area contributed by atoms with Crippen LogP contribution in [0.15, 0.2) is 42.5 Å². The Morgan fingerprint density at radius 3 is 2.20 bits per heavy atom. The summed E-state index contributed by atoms with van der Waals surface area (Å²) in [6, 6.07) is 8.30. The van der Waals surface area contributed by atoms with Gasteiger partial charge in [-0.05, 0) is 52.9 Å². The molecule has 2 aromatic carbocycles. The summed E-state index contributed by atoms with van der Waals surface area (Å²) in [5.41, 5.74) is -2.09. The first kappa shape index (κ1) is 23.6. The highest BCUT2D eigenvalue weighted by Crippen LogP contribution is 2.24. The fraction of sp³-hybridized carbons (Fsp3) is 0.125. The van der Waals surface area contributed by atoms with E-state index < -0.39 is 55.7 Å². The van der Waals surface area contributed by atoms with E-state index in [4.69, 9.17) is 4.74 Å². The van der Waals surface area contributed by atoms with Gasteiger partial charge < -0.3 is 14.0 Å². The molecule has 0 unspecified atom stereocenters.